The van der Waals surface area contributed by atoms with Crippen molar-refractivity contribution in [2.24, 2.45) is 11.7 Å². The van der Waals surface area contributed by atoms with Crippen molar-refractivity contribution in [2.45, 2.75) is 44.6 Å². The number of nitrogens with one attached hydrogen (secondary N) is 1. The summed E-state index contributed by atoms with van der Waals surface area (Å²) in [6.07, 6.45) is 4.55. The SMILES string of the molecule is CCC1CCCCC1(Nc1ccccc1F)C(N)=O. The highest BCUT2D eigenvalue weighted by Crippen LogP contribution is 2.38. The Balaban J connectivity index is 2.34. The molecule has 0 saturated heterocycles. The molecule has 1 aromatic carbocycles. The van der Waals surface area contributed by atoms with Crippen LogP contribution in [0.1, 0.15) is 39.0 Å². The molecule has 1 fully saturated rings. The van der Waals surface area contributed by atoms with Gasteiger partial charge in [0.25, 0.3) is 0 Å². The molecule has 0 spiro atoms. The predicted molar refractivity (Wildman–Crippen MR) is 74.2 cm³/mol. The molecule has 2 unspecified atom stereocenters. The number of anilines is 1. The molecule has 1 saturated carbocycles. The Kier molecular flexibility index (Phi) is 4.08. The van der Waals surface area contributed by atoms with Crippen LogP contribution in [0.3, 0.4) is 0 Å². The van der Waals surface area contributed by atoms with Crippen LogP contribution in [-0.4, -0.2) is 11.4 Å². The number of carbonyl (C=O) groups excluding carboxylic acids is 1. The summed E-state index contributed by atoms with van der Waals surface area (Å²) in [5.41, 5.74) is 5.19. The maximum Gasteiger partial charge on any atom is 0.243 e. The zero-order valence-corrected chi connectivity index (χ0v) is 11.3. The number of para-hydroxylation sites is 1. The number of rotatable bonds is 4. The highest BCUT2D eigenvalue weighted by Gasteiger charge is 2.45. The molecule has 0 heterocycles. The largest absolute Gasteiger partial charge is 0.369 e. The van der Waals surface area contributed by atoms with E-state index in [1.807, 2.05) is 0 Å². The van der Waals surface area contributed by atoms with Crippen LogP contribution in [-0.2, 0) is 4.79 Å². The second-order valence-corrected chi connectivity index (χ2v) is 5.29. The summed E-state index contributed by atoms with van der Waals surface area (Å²) in [7, 11) is 0. The number of halogens is 1. The van der Waals surface area contributed by atoms with Gasteiger partial charge in [0.1, 0.15) is 11.4 Å². The maximum absolute atomic E-state index is 13.8. The lowest BCUT2D eigenvalue weighted by molar-refractivity contribution is -0.125. The molecule has 0 bridgehead atoms. The minimum Gasteiger partial charge on any atom is -0.369 e. The first kappa shape index (κ1) is 13.8. The number of primary amides is 1. The lowest BCUT2D eigenvalue weighted by Gasteiger charge is -2.42. The number of carbonyl (C=O) groups is 1. The molecule has 0 aromatic heterocycles. The first-order valence-electron chi connectivity index (χ1n) is 6.92. The Bertz CT molecular complexity index is 463. The fourth-order valence-electron chi connectivity index (χ4n) is 3.15. The van der Waals surface area contributed by atoms with Crippen molar-refractivity contribution in [3.05, 3.63) is 30.1 Å². The maximum atomic E-state index is 13.8. The second kappa shape index (κ2) is 5.59. The van der Waals surface area contributed by atoms with Crippen molar-refractivity contribution in [3.63, 3.8) is 0 Å². The van der Waals surface area contributed by atoms with Crippen molar-refractivity contribution >= 4 is 11.6 Å². The molecule has 2 atom stereocenters. The molecule has 19 heavy (non-hydrogen) atoms. The lowest BCUT2D eigenvalue weighted by atomic mass is 9.70. The average Bonchev–Trinajstić information content (AvgIpc) is 2.41. The van der Waals surface area contributed by atoms with E-state index in [-0.39, 0.29) is 17.6 Å². The lowest BCUT2D eigenvalue weighted by Crippen LogP contribution is -2.57. The van der Waals surface area contributed by atoms with E-state index < -0.39 is 5.54 Å². The molecule has 3 N–H and O–H groups in total. The van der Waals surface area contributed by atoms with Gasteiger partial charge < -0.3 is 11.1 Å². The molecule has 0 aliphatic heterocycles. The molecule has 1 aromatic rings. The van der Waals surface area contributed by atoms with Crippen LogP contribution < -0.4 is 11.1 Å². The fraction of sp³-hybridized carbons (Fsp3) is 0.533. The standard InChI is InChI=1S/C15H21FN2O/c1-2-11-7-5-6-10-15(11,14(17)19)18-13-9-4-3-8-12(13)16/h3-4,8-9,11,18H,2,5-7,10H2,1H3,(H2,17,19). The van der Waals surface area contributed by atoms with E-state index in [2.05, 4.69) is 12.2 Å². The summed E-state index contributed by atoms with van der Waals surface area (Å²) in [6, 6.07) is 6.43. The van der Waals surface area contributed by atoms with Gasteiger partial charge in [-0.3, -0.25) is 4.79 Å². The summed E-state index contributed by atoms with van der Waals surface area (Å²) in [5.74, 6) is -0.552. The van der Waals surface area contributed by atoms with Gasteiger partial charge in [-0.2, -0.15) is 0 Å². The molecule has 0 radical (unpaired) electrons. The molecule has 104 valence electrons. The number of nitrogens with two attached hydrogens (primary N) is 1. The fourth-order valence-corrected chi connectivity index (χ4v) is 3.15. The first-order chi connectivity index (χ1) is 9.10. The van der Waals surface area contributed by atoms with E-state index in [1.165, 1.54) is 6.07 Å². The van der Waals surface area contributed by atoms with Crippen molar-refractivity contribution in [3.8, 4) is 0 Å². The Morgan fingerprint density at radius 3 is 2.84 bits per heavy atom. The van der Waals surface area contributed by atoms with E-state index in [1.54, 1.807) is 18.2 Å². The molecule has 2 rings (SSSR count). The minimum atomic E-state index is -0.810. The zero-order valence-electron chi connectivity index (χ0n) is 11.3. The van der Waals surface area contributed by atoms with E-state index in [0.717, 1.165) is 25.7 Å². The van der Waals surface area contributed by atoms with Gasteiger partial charge >= 0.3 is 0 Å². The topological polar surface area (TPSA) is 55.1 Å². The van der Waals surface area contributed by atoms with E-state index in [0.29, 0.717) is 12.1 Å². The monoisotopic (exact) mass is 264 g/mol. The summed E-state index contributed by atoms with van der Waals surface area (Å²) < 4.78 is 13.8. The Labute approximate surface area is 113 Å². The zero-order chi connectivity index (χ0) is 13.9. The number of benzene rings is 1. The van der Waals surface area contributed by atoms with Gasteiger partial charge in [0.15, 0.2) is 0 Å². The number of amides is 1. The van der Waals surface area contributed by atoms with Crippen LogP contribution in [0.2, 0.25) is 0 Å². The summed E-state index contributed by atoms with van der Waals surface area (Å²) in [5, 5.41) is 3.11. The molecule has 1 aliphatic rings. The second-order valence-electron chi connectivity index (χ2n) is 5.29. The third-order valence-electron chi connectivity index (χ3n) is 4.23. The quantitative estimate of drug-likeness (QED) is 0.878. The van der Waals surface area contributed by atoms with Crippen LogP contribution in [0.5, 0.6) is 0 Å². The first-order valence-corrected chi connectivity index (χ1v) is 6.92. The van der Waals surface area contributed by atoms with Gasteiger partial charge in [-0.05, 0) is 30.9 Å². The van der Waals surface area contributed by atoms with Crippen molar-refractivity contribution in [1.29, 1.82) is 0 Å². The van der Waals surface area contributed by atoms with Crippen LogP contribution in [0, 0.1) is 11.7 Å². The van der Waals surface area contributed by atoms with E-state index >= 15 is 0 Å². The van der Waals surface area contributed by atoms with E-state index in [9.17, 15) is 9.18 Å². The molecule has 1 amide bonds. The highest BCUT2D eigenvalue weighted by atomic mass is 19.1. The molecular weight excluding hydrogens is 243 g/mol. The van der Waals surface area contributed by atoms with Crippen molar-refractivity contribution in [1.82, 2.24) is 0 Å². The van der Waals surface area contributed by atoms with Crippen LogP contribution >= 0.6 is 0 Å². The third kappa shape index (κ3) is 2.57. The van der Waals surface area contributed by atoms with Crippen molar-refractivity contribution < 1.29 is 9.18 Å². The molecular formula is C15H21FN2O. The average molecular weight is 264 g/mol. The summed E-state index contributed by atoms with van der Waals surface area (Å²) in [4.78, 5) is 12.0. The number of hydrogen-bond acceptors (Lipinski definition) is 2. The minimum absolute atomic E-state index is 0.165. The normalized spacial score (nSPS) is 26.9. The van der Waals surface area contributed by atoms with Crippen molar-refractivity contribution in [2.75, 3.05) is 5.32 Å². The van der Waals surface area contributed by atoms with Gasteiger partial charge in [-0.1, -0.05) is 38.3 Å². The van der Waals surface area contributed by atoms with Gasteiger partial charge in [0.05, 0.1) is 5.69 Å². The Morgan fingerprint density at radius 1 is 1.47 bits per heavy atom. The van der Waals surface area contributed by atoms with Gasteiger partial charge in [0, 0.05) is 0 Å². The van der Waals surface area contributed by atoms with Gasteiger partial charge in [0.2, 0.25) is 5.91 Å². The van der Waals surface area contributed by atoms with Gasteiger partial charge in [-0.25, -0.2) is 4.39 Å². The summed E-state index contributed by atoms with van der Waals surface area (Å²) >= 11 is 0. The van der Waals surface area contributed by atoms with Crippen LogP contribution in [0.25, 0.3) is 0 Å². The third-order valence-corrected chi connectivity index (χ3v) is 4.23. The Morgan fingerprint density at radius 2 is 2.21 bits per heavy atom. The van der Waals surface area contributed by atoms with Crippen LogP contribution in [0.4, 0.5) is 10.1 Å². The highest BCUT2D eigenvalue weighted by molar-refractivity contribution is 5.88. The predicted octanol–water partition coefficient (Wildman–Crippen LogP) is 3.06. The van der Waals surface area contributed by atoms with Gasteiger partial charge in [-0.15, -0.1) is 0 Å². The Hall–Kier alpha value is -1.58. The molecule has 3 nitrogen and oxygen atoms in total. The van der Waals surface area contributed by atoms with Crippen LogP contribution in [0.15, 0.2) is 24.3 Å². The van der Waals surface area contributed by atoms with E-state index in [4.69, 9.17) is 5.73 Å². The smallest absolute Gasteiger partial charge is 0.243 e. The molecule has 1 aliphatic carbocycles. The molecule has 4 heteroatoms. The number of hydrogen-bond donors (Lipinski definition) is 2. The summed E-state index contributed by atoms with van der Waals surface area (Å²) in [6.45, 7) is 2.05.